The summed E-state index contributed by atoms with van der Waals surface area (Å²) in [5.74, 6) is -0.0277. The van der Waals surface area contributed by atoms with Crippen LogP contribution in [0.1, 0.15) is 26.2 Å². The van der Waals surface area contributed by atoms with Gasteiger partial charge in [0.05, 0.1) is 6.10 Å². The highest BCUT2D eigenvalue weighted by atomic mass is 16.6. The third-order valence-corrected chi connectivity index (χ3v) is 4.48. The van der Waals surface area contributed by atoms with E-state index < -0.39 is 0 Å². The number of rotatable bonds is 3. The van der Waals surface area contributed by atoms with E-state index in [0.29, 0.717) is 6.10 Å². The second kappa shape index (κ2) is 5.77. The molecule has 108 valence electrons. The van der Waals surface area contributed by atoms with Gasteiger partial charge in [0.25, 0.3) is 0 Å². The highest BCUT2D eigenvalue weighted by Gasteiger charge is 2.37. The minimum Gasteiger partial charge on any atom is -0.461 e. The van der Waals surface area contributed by atoms with E-state index in [1.807, 2.05) is 6.92 Å². The molecule has 19 heavy (non-hydrogen) atoms. The summed E-state index contributed by atoms with van der Waals surface area (Å²) < 4.78 is 10.9. The highest BCUT2D eigenvalue weighted by Crippen LogP contribution is 2.21. The molecule has 0 amide bonds. The number of piperazine rings is 1. The van der Waals surface area contributed by atoms with Gasteiger partial charge in [-0.15, -0.1) is 0 Å². The second-order valence-corrected chi connectivity index (χ2v) is 5.97. The second-order valence-electron chi connectivity index (χ2n) is 5.97. The van der Waals surface area contributed by atoms with Gasteiger partial charge < -0.3 is 9.47 Å². The Kier molecular flexibility index (Phi) is 4.05. The van der Waals surface area contributed by atoms with Crippen LogP contribution in [0.2, 0.25) is 0 Å². The van der Waals surface area contributed by atoms with Gasteiger partial charge in [-0.05, 0) is 19.8 Å². The first-order valence-corrected chi connectivity index (χ1v) is 7.51. The lowest BCUT2D eigenvalue weighted by molar-refractivity contribution is -0.145. The lowest BCUT2D eigenvalue weighted by atomic mass is 10.1. The Bertz CT molecular complexity index is 323. The fourth-order valence-corrected chi connectivity index (χ4v) is 3.37. The highest BCUT2D eigenvalue weighted by molar-refractivity contribution is 5.78. The van der Waals surface area contributed by atoms with Crippen LogP contribution in [0.3, 0.4) is 0 Å². The summed E-state index contributed by atoms with van der Waals surface area (Å²) in [7, 11) is 0. The van der Waals surface area contributed by atoms with Gasteiger partial charge in [-0.2, -0.15) is 0 Å². The Labute approximate surface area is 114 Å². The van der Waals surface area contributed by atoms with Gasteiger partial charge in [-0.25, -0.2) is 0 Å². The normalized spacial score (nSPS) is 37.7. The zero-order chi connectivity index (χ0) is 13.2. The molecule has 3 aliphatic rings. The number of cyclic esters (lactones) is 1. The van der Waals surface area contributed by atoms with Crippen molar-refractivity contribution in [2.75, 3.05) is 39.3 Å². The van der Waals surface area contributed by atoms with Crippen LogP contribution in [0.15, 0.2) is 0 Å². The van der Waals surface area contributed by atoms with E-state index in [-0.39, 0.29) is 18.1 Å². The van der Waals surface area contributed by atoms with Crippen molar-refractivity contribution < 1.29 is 14.3 Å². The van der Waals surface area contributed by atoms with Crippen LogP contribution in [0, 0.1) is 0 Å². The monoisotopic (exact) mass is 268 g/mol. The van der Waals surface area contributed by atoms with E-state index in [4.69, 9.17) is 9.47 Å². The number of carbonyl (C=O) groups is 1. The molecule has 3 aliphatic heterocycles. The van der Waals surface area contributed by atoms with E-state index in [2.05, 4.69) is 9.80 Å². The van der Waals surface area contributed by atoms with Crippen molar-refractivity contribution in [3.05, 3.63) is 0 Å². The van der Waals surface area contributed by atoms with Gasteiger partial charge >= 0.3 is 5.97 Å². The van der Waals surface area contributed by atoms with Crippen molar-refractivity contribution in [2.45, 2.75) is 44.4 Å². The smallest absolute Gasteiger partial charge is 0.323 e. The number of esters is 1. The van der Waals surface area contributed by atoms with Gasteiger partial charge in [-0.3, -0.25) is 14.6 Å². The standard InChI is InChI=1S/C14H24N2O3/c1-11-9-13(14(17)19-11)16-6-4-15(5-7-16)10-12-3-2-8-18-12/h11-13H,2-10H2,1H3. The van der Waals surface area contributed by atoms with Crippen molar-refractivity contribution in [3.8, 4) is 0 Å². The van der Waals surface area contributed by atoms with Crippen LogP contribution in [0.4, 0.5) is 0 Å². The molecule has 5 heteroatoms. The number of hydrogen-bond donors (Lipinski definition) is 0. The summed E-state index contributed by atoms with van der Waals surface area (Å²) in [4.78, 5) is 16.5. The molecule has 3 rings (SSSR count). The molecule has 0 saturated carbocycles. The molecule has 0 aliphatic carbocycles. The minimum absolute atomic E-state index is 0.000111. The summed E-state index contributed by atoms with van der Waals surface area (Å²) >= 11 is 0. The van der Waals surface area contributed by atoms with Crippen molar-refractivity contribution in [1.29, 1.82) is 0 Å². The molecule has 3 atom stereocenters. The summed E-state index contributed by atoms with van der Waals surface area (Å²) in [5, 5.41) is 0. The van der Waals surface area contributed by atoms with E-state index in [0.717, 1.165) is 45.8 Å². The summed E-state index contributed by atoms with van der Waals surface area (Å²) in [6.45, 7) is 7.98. The third kappa shape index (κ3) is 3.09. The maximum Gasteiger partial charge on any atom is 0.323 e. The van der Waals surface area contributed by atoms with E-state index in [1.54, 1.807) is 0 Å². The number of ether oxygens (including phenoxy) is 2. The van der Waals surface area contributed by atoms with Gasteiger partial charge in [0, 0.05) is 45.8 Å². The molecule has 0 bridgehead atoms. The summed E-state index contributed by atoms with van der Waals surface area (Å²) in [6.07, 6.45) is 3.78. The molecular formula is C14H24N2O3. The molecule has 3 saturated heterocycles. The fraction of sp³-hybridized carbons (Fsp3) is 0.929. The number of nitrogens with zero attached hydrogens (tertiary/aromatic N) is 2. The van der Waals surface area contributed by atoms with Gasteiger partial charge in [0.15, 0.2) is 0 Å². The molecule has 3 heterocycles. The summed E-state index contributed by atoms with van der Waals surface area (Å²) in [5.41, 5.74) is 0. The quantitative estimate of drug-likeness (QED) is 0.697. The maximum absolute atomic E-state index is 11.7. The van der Waals surface area contributed by atoms with Crippen molar-refractivity contribution in [1.82, 2.24) is 9.80 Å². The first-order chi connectivity index (χ1) is 9.22. The predicted octanol–water partition coefficient (Wildman–Crippen LogP) is 0.487. The molecule has 3 fully saturated rings. The van der Waals surface area contributed by atoms with E-state index in [1.165, 1.54) is 12.8 Å². The first-order valence-electron chi connectivity index (χ1n) is 7.51. The Morgan fingerprint density at radius 1 is 1.26 bits per heavy atom. The molecular weight excluding hydrogens is 244 g/mol. The van der Waals surface area contributed by atoms with Crippen LogP contribution in [-0.4, -0.2) is 73.3 Å². The van der Waals surface area contributed by atoms with Crippen molar-refractivity contribution in [3.63, 3.8) is 0 Å². The third-order valence-electron chi connectivity index (χ3n) is 4.48. The molecule has 0 aromatic carbocycles. The number of carbonyl (C=O) groups excluding carboxylic acids is 1. The van der Waals surface area contributed by atoms with Crippen LogP contribution in [0.25, 0.3) is 0 Å². The fourth-order valence-electron chi connectivity index (χ4n) is 3.37. The van der Waals surface area contributed by atoms with Crippen LogP contribution in [-0.2, 0) is 14.3 Å². The largest absolute Gasteiger partial charge is 0.461 e. The topological polar surface area (TPSA) is 42.0 Å². The zero-order valence-electron chi connectivity index (χ0n) is 11.7. The molecule has 0 N–H and O–H groups in total. The molecule has 5 nitrogen and oxygen atoms in total. The molecule has 3 unspecified atom stereocenters. The lowest BCUT2D eigenvalue weighted by Gasteiger charge is -2.37. The van der Waals surface area contributed by atoms with Crippen molar-refractivity contribution >= 4 is 5.97 Å². The predicted molar refractivity (Wildman–Crippen MR) is 70.9 cm³/mol. The Balaban J connectivity index is 1.45. The minimum atomic E-state index is -0.0277. The van der Waals surface area contributed by atoms with Crippen LogP contribution >= 0.6 is 0 Å². The Morgan fingerprint density at radius 3 is 2.63 bits per heavy atom. The van der Waals surface area contributed by atoms with Crippen LogP contribution < -0.4 is 0 Å². The van der Waals surface area contributed by atoms with Gasteiger partial charge in [0.1, 0.15) is 12.1 Å². The Morgan fingerprint density at radius 2 is 2.05 bits per heavy atom. The maximum atomic E-state index is 11.7. The van der Waals surface area contributed by atoms with Crippen LogP contribution in [0.5, 0.6) is 0 Å². The molecule has 0 aromatic rings. The average molecular weight is 268 g/mol. The van der Waals surface area contributed by atoms with E-state index >= 15 is 0 Å². The Hall–Kier alpha value is -0.650. The summed E-state index contributed by atoms with van der Waals surface area (Å²) in [6, 6.07) is -0.000111. The van der Waals surface area contributed by atoms with Gasteiger partial charge in [0.2, 0.25) is 0 Å². The molecule has 0 aromatic heterocycles. The van der Waals surface area contributed by atoms with E-state index in [9.17, 15) is 4.79 Å². The average Bonchev–Trinajstić information content (AvgIpc) is 3.00. The molecule has 0 radical (unpaired) electrons. The first kappa shape index (κ1) is 13.3. The lowest BCUT2D eigenvalue weighted by Crippen LogP contribution is -2.52. The van der Waals surface area contributed by atoms with Gasteiger partial charge in [-0.1, -0.05) is 0 Å². The SMILES string of the molecule is CC1CC(N2CCN(CC3CCCO3)CC2)C(=O)O1. The number of hydrogen-bond acceptors (Lipinski definition) is 5. The van der Waals surface area contributed by atoms with Crippen molar-refractivity contribution in [2.24, 2.45) is 0 Å². The molecule has 0 spiro atoms. The zero-order valence-corrected chi connectivity index (χ0v) is 11.7.